The zero-order valence-corrected chi connectivity index (χ0v) is 17.4. The molecule has 2 heterocycles. The third-order valence-corrected chi connectivity index (χ3v) is 6.50. The molecule has 1 aromatic carbocycles. The normalized spacial score (nSPS) is 20.5. The summed E-state index contributed by atoms with van der Waals surface area (Å²) < 4.78 is 54.8. The molecule has 1 aliphatic rings. The highest BCUT2D eigenvalue weighted by Gasteiger charge is 2.46. The maximum absolute atomic E-state index is 14.7. The van der Waals surface area contributed by atoms with Crippen molar-refractivity contribution in [2.24, 2.45) is 10.7 Å². The van der Waals surface area contributed by atoms with Gasteiger partial charge in [0.25, 0.3) is 5.91 Å². The number of carbonyl (C=O) groups excluding carboxylic acids is 1. The SMILES string of the molecule is [B]C([B])([B])N1C(N)=N[C@](C)(c2cc(NC(=O)c3ccc(O)cn3)cc(F)c2F)CS1(=O)=O. The van der Waals surface area contributed by atoms with E-state index in [0.29, 0.717) is 6.07 Å². The summed E-state index contributed by atoms with van der Waals surface area (Å²) in [6.45, 7) is 1.20. The van der Waals surface area contributed by atoms with E-state index in [9.17, 15) is 27.1 Å². The summed E-state index contributed by atoms with van der Waals surface area (Å²) in [5.41, 5.74) is 2.95. The molecule has 0 fully saturated rings. The van der Waals surface area contributed by atoms with E-state index in [1.165, 1.54) is 19.1 Å². The van der Waals surface area contributed by atoms with E-state index in [-0.39, 0.29) is 21.4 Å². The van der Waals surface area contributed by atoms with E-state index >= 15 is 0 Å². The lowest BCUT2D eigenvalue weighted by Crippen LogP contribution is -2.63. The van der Waals surface area contributed by atoms with Crippen molar-refractivity contribution in [3.63, 3.8) is 0 Å². The summed E-state index contributed by atoms with van der Waals surface area (Å²) in [6.07, 6.45) is 1.02. The Hall–Kier alpha value is -3.09. The van der Waals surface area contributed by atoms with Crippen molar-refractivity contribution in [3.8, 4) is 5.75 Å². The Bertz CT molecular complexity index is 1220. The monoisotopic (exact) mass is 455 g/mol. The predicted octanol–water partition coefficient (Wildman–Crippen LogP) is -0.390. The van der Waals surface area contributed by atoms with Crippen LogP contribution in [-0.4, -0.2) is 69.2 Å². The summed E-state index contributed by atoms with van der Waals surface area (Å²) in [5.74, 6) is -5.37. The molecular weight excluding hydrogens is 441 g/mol. The Balaban J connectivity index is 2.05. The molecule has 0 spiro atoms. The van der Waals surface area contributed by atoms with Gasteiger partial charge in [-0.2, -0.15) is 0 Å². The number of rotatable bonds is 4. The van der Waals surface area contributed by atoms with Crippen LogP contribution in [0.3, 0.4) is 0 Å². The molecule has 6 radical (unpaired) electrons. The highest BCUT2D eigenvalue weighted by molar-refractivity contribution is 7.90. The third-order valence-electron chi connectivity index (χ3n) is 4.51. The Morgan fingerprint density at radius 1 is 1.31 bits per heavy atom. The fourth-order valence-corrected chi connectivity index (χ4v) is 5.11. The van der Waals surface area contributed by atoms with E-state index in [4.69, 9.17) is 29.3 Å². The average Bonchev–Trinajstić information content (AvgIpc) is 2.61. The number of hydrogen-bond acceptors (Lipinski definition) is 7. The van der Waals surface area contributed by atoms with Crippen LogP contribution >= 0.6 is 0 Å². The van der Waals surface area contributed by atoms with Crippen LogP contribution in [0.5, 0.6) is 5.75 Å². The average molecular weight is 455 g/mol. The van der Waals surface area contributed by atoms with Crippen LogP contribution in [0, 0.1) is 11.6 Å². The second kappa shape index (κ2) is 7.80. The number of nitrogens with one attached hydrogen (secondary N) is 1. The Labute approximate surface area is 186 Å². The number of aromatic hydroxyl groups is 1. The van der Waals surface area contributed by atoms with Gasteiger partial charge in [-0.05, 0) is 25.1 Å². The molecule has 0 bridgehead atoms. The van der Waals surface area contributed by atoms with Crippen LogP contribution in [0.4, 0.5) is 14.5 Å². The van der Waals surface area contributed by atoms with Crippen LogP contribution in [0.15, 0.2) is 35.5 Å². The molecule has 0 aliphatic carbocycles. The summed E-state index contributed by atoms with van der Waals surface area (Å²) in [4.78, 5) is 20.0. The molecule has 0 saturated carbocycles. The van der Waals surface area contributed by atoms with Gasteiger partial charge in [0.1, 0.15) is 17.0 Å². The molecular formula is C17H14B3F2N5O4S. The van der Waals surface area contributed by atoms with Crippen LogP contribution in [0.1, 0.15) is 23.0 Å². The van der Waals surface area contributed by atoms with Gasteiger partial charge in [-0.25, -0.2) is 27.2 Å². The molecule has 0 unspecified atom stereocenters. The number of halogens is 2. The zero-order valence-electron chi connectivity index (χ0n) is 16.6. The highest BCUT2D eigenvalue weighted by Crippen LogP contribution is 2.37. The van der Waals surface area contributed by atoms with Crippen molar-refractivity contribution >= 4 is 51.1 Å². The van der Waals surface area contributed by atoms with Gasteiger partial charge in [0.05, 0.1) is 35.5 Å². The number of aliphatic imine (C=N–C) groups is 1. The van der Waals surface area contributed by atoms with Crippen LogP contribution in [0.2, 0.25) is 0 Å². The smallest absolute Gasteiger partial charge is 0.274 e. The number of aromatic nitrogens is 1. The van der Waals surface area contributed by atoms with Crippen molar-refractivity contribution in [1.82, 2.24) is 9.29 Å². The maximum atomic E-state index is 14.7. The first-order chi connectivity index (χ1) is 14.6. The summed E-state index contributed by atoms with van der Waals surface area (Å²) >= 11 is 0. The van der Waals surface area contributed by atoms with Crippen molar-refractivity contribution in [2.45, 2.75) is 17.7 Å². The Kier molecular flexibility index (Phi) is 5.75. The highest BCUT2D eigenvalue weighted by atomic mass is 32.2. The van der Waals surface area contributed by atoms with Gasteiger partial charge in [0, 0.05) is 17.3 Å². The van der Waals surface area contributed by atoms with Crippen molar-refractivity contribution in [2.75, 3.05) is 11.1 Å². The minimum absolute atomic E-state index is 0.122. The zero-order chi connectivity index (χ0) is 24.1. The minimum atomic E-state index is -4.41. The van der Waals surface area contributed by atoms with E-state index in [0.717, 1.165) is 12.3 Å². The molecule has 3 rings (SSSR count). The fourth-order valence-electron chi connectivity index (χ4n) is 3.24. The Morgan fingerprint density at radius 2 is 1.97 bits per heavy atom. The van der Waals surface area contributed by atoms with Gasteiger partial charge in [0.2, 0.25) is 16.0 Å². The van der Waals surface area contributed by atoms with Crippen LogP contribution < -0.4 is 11.1 Å². The molecule has 1 amide bonds. The largest absolute Gasteiger partial charge is 0.506 e. The first-order valence-electron chi connectivity index (χ1n) is 8.85. The van der Waals surface area contributed by atoms with E-state index in [1.807, 2.05) is 0 Å². The van der Waals surface area contributed by atoms with Crippen LogP contribution in [-0.2, 0) is 15.6 Å². The topological polar surface area (TPSA) is 138 Å². The molecule has 9 nitrogen and oxygen atoms in total. The number of guanidine groups is 1. The van der Waals surface area contributed by atoms with Gasteiger partial charge in [-0.3, -0.25) is 9.10 Å². The number of hydrogen-bond donors (Lipinski definition) is 3. The number of sulfonamides is 1. The lowest BCUT2D eigenvalue weighted by atomic mass is 9.49. The maximum Gasteiger partial charge on any atom is 0.274 e. The van der Waals surface area contributed by atoms with Crippen molar-refractivity contribution in [3.05, 3.63) is 53.4 Å². The van der Waals surface area contributed by atoms with Crippen molar-refractivity contribution < 1.29 is 27.1 Å². The van der Waals surface area contributed by atoms with Gasteiger partial charge in [-0.1, -0.05) is 5.24 Å². The number of amides is 1. The summed E-state index contributed by atoms with van der Waals surface area (Å²) in [5, 5.41) is 9.16. The molecule has 32 heavy (non-hydrogen) atoms. The van der Waals surface area contributed by atoms with E-state index < -0.39 is 55.6 Å². The summed E-state index contributed by atoms with van der Waals surface area (Å²) in [7, 11) is 11.9. The third kappa shape index (κ3) is 4.42. The number of benzene rings is 1. The molecule has 2 aromatic rings. The molecule has 1 atom stereocenters. The molecule has 1 aromatic heterocycles. The number of nitrogens with two attached hydrogens (primary N) is 1. The number of carbonyl (C=O) groups is 1. The van der Waals surface area contributed by atoms with Gasteiger partial charge in [0.15, 0.2) is 11.6 Å². The first kappa shape index (κ1) is 23.6. The number of pyridine rings is 1. The summed E-state index contributed by atoms with van der Waals surface area (Å²) in [6, 6.07) is 4.13. The lowest BCUT2D eigenvalue weighted by Gasteiger charge is -2.43. The minimum Gasteiger partial charge on any atom is -0.506 e. The second-order valence-corrected chi connectivity index (χ2v) is 9.14. The molecule has 15 heteroatoms. The fraction of sp³-hybridized carbons (Fsp3) is 0.235. The van der Waals surface area contributed by atoms with Crippen LogP contribution in [0.25, 0.3) is 0 Å². The standard InChI is InChI=1S/C17H14B3F2N5O4S/c1-16(7-32(30,31)27(15(23)26-16)17(18,19)20)10-4-8(5-11(21)13(10)22)25-14(29)12-3-2-9(28)6-24-12/h2-6,28H,7H2,1H3,(H2,23,26)(H,25,29)/t16-/m0/s1. The van der Waals surface area contributed by atoms with Gasteiger partial charge < -0.3 is 16.2 Å². The quantitative estimate of drug-likeness (QED) is 0.538. The van der Waals surface area contributed by atoms with Crippen molar-refractivity contribution in [1.29, 1.82) is 0 Å². The second-order valence-electron chi connectivity index (χ2n) is 7.33. The molecule has 1 aliphatic heterocycles. The van der Waals surface area contributed by atoms with E-state index in [1.54, 1.807) is 0 Å². The number of nitrogens with zero attached hydrogens (tertiary/aromatic N) is 3. The first-order valence-corrected chi connectivity index (χ1v) is 10.5. The molecule has 4 N–H and O–H groups in total. The van der Waals surface area contributed by atoms with Gasteiger partial charge >= 0.3 is 0 Å². The predicted molar refractivity (Wildman–Crippen MR) is 115 cm³/mol. The molecule has 160 valence electrons. The van der Waals surface area contributed by atoms with Gasteiger partial charge in [-0.15, -0.1) is 0 Å². The Morgan fingerprint density at radius 3 is 2.50 bits per heavy atom. The van der Waals surface area contributed by atoms with E-state index in [2.05, 4.69) is 15.3 Å². The lowest BCUT2D eigenvalue weighted by molar-refractivity contribution is 0.102. The molecule has 0 saturated heterocycles. The number of anilines is 1.